The van der Waals surface area contributed by atoms with Gasteiger partial charge >= 0.3 is 11.9 Å². The first-order valence-corrected chi connectivity index (χ1v) is 6.87. The number of carboxylic acids is 1. The Morgan fingerprint density at radius 2 is 1.76 bits per heavy atom. The van der Waals surface area contributed by atoms with E-state index >= 15 is 0 Å². The topological polar surface area (TPSA) is 89.6 Å². The van der Waals surface area contributed by atoms with Crippen LogP contribution >= 0.6 is 0 Å². The Balaban J connectivity index is 3.07. The minimum Gasteiger partial charge on any atom is -0.481 e. The van der Waals surface area contributed by atoms with E-state index in [2.05, 4.69) is 0 Å². The molecule has 0 heterocycles. The van der Waals surface area contributed by atoms with Crippen LogP contribution in [0.15, 0.2) is 24.3 Å². The number of esters is 1. The van der Waals surface area contributed by atoms with Gasteiger partial charge in [0.2, 0.25) is 0 Å². The zero-order chi connectivity index (χ0) is 16.2. The summed E-state index contributed by atoms with van der Waals surface area (Å²) in [5, 5.41) is 8.91. The maximum absolute atomic E-state index is 12.4. The highest BCUT2D eigenvalue weighted by atomic mass is 16.6. The van der Waals surface area contributed by atoms with Crippen molar-refractivity contribution in [2.75, 3.05) is 0 Å². The third kappa shape index (κ3) is 5.55. The van der Waals surface area contributed by atoms with E-state index in [1.165, 1.54) is 0 Å². The molecule has 3 N–H and O–H groups in total. The quantitative estimate of drug-likeness (QED) is 0.812. The van der Waals surface area contributed by atoms with Crippen LogP contribution in [0.1, 0.15) is 44.2 Å². The fourth-order valence-corrected chi connectivity index (χ4v) is 2.02. The van der Waals surface area contributed by atoms with Crippen molar-refractivity contribution in [3.63, 3.8) is 0 Å². The predicted octanol–water partition coefficient (Wildman–Crippen LogP) is 2.22. The van der Waals surface area contributed by atoms with Crippen molar-refractivity contribution in [2.24, 2.45) is 5.73 Å². The Morgan fingerprint density at radius 3 is 2.19 bits per heavy atom. The summed E-state index contributed by atoms with van der Waals surface area (Å²) >= 11 is 0. The first-order chi connectivity index (χ1) is 9.60. The summed E-state index contributed by atoms with van der Waals surface area (Å²) in [5.74, 6) is -2.33. The Hall–Kier alpha value is -1.88. The minimum atomic E-state index is -1.04. The lowest BCUT2D eigenvalue weighted by Crippen LogP contribution is -2.39. The maximum Gasteiger partial charge on any atom is 0.315 e. The van der Waals surface area contributed by atoms with Crippen molar-refractivity contribution in [1.29, 1.82) is 0 Å². The van der Waals surface area contributed by atoms with Gasteiger partial charge in [-0.25, -0.2) is 0 Å². The predicted molar refractivity (Wildman–Crippen MR) is 80.0 cm³/mol. The fraction of sp³-hybridized carbons (Fsp3) is 0.500. The number of hydrogen-bond acceptors (Lipinski definition) is 4. The second kappa shape index (κ2) is 6.72. The molecule has 2 atom stereocenters. The number of ether oxygens (including phenoxy) is 1. The zero-order valence-electron chi connectivity index (χ0n) is 12.9. The molecular weight excluding hydrogens is 270 g/mol. The van der Waals surface area contributed by atoms with Gasteiger partial charge in [0, 0.05) is 6.04 Å². The van der Waals surface area contributed by atoms with E-state index in [1.807, 2.05) is 19.1 Å². The number of aliphatic carboxylic acids is 1. The average molecular weight is 293 g/mol. The highest BCUT2D eigenvalue weighted by molar-refractivity contribution is 5.81. The Kier molecular flexibility index (Phi) is 5.49. The molecule has 21 heavy (non-hydrogen) atoms. The number of carboxylic acid groups (broad SMARTS) is 1. The van der Waals surface area contributed by atoms with Crippen molar-refractivity contribution >= 4 is 11.9 Å². The molecule has 1 aromatic carbocycles. The molecule has 0 radical (unpaired) electrons. The van der Waals surface area contributed by atoms with Crippen LogP contribution < -0.4 is 5.73 Å². The Labute approximate surface area is 125 Å². The van der Waals surface area contributed by atoms with Crippen molar-refractivity contribution in [3.8, 4) is 0 Å². The highest BCUT2D eigenvalue weighted by Gasteiger charge is 2.32. The van der Waals surface area contributed by atoms with Crippen LogP contribution in [0, 0.1) is 6.92 Å². The van der Waals surface area contributed by atoms with Gasteiger partial charge in [-0.1, -0.05) is 29.8 Å². The van der Waals surface area contributed by atoms with Crippen molar-refractivity contribution in [3.05, 3.63) is 35.4 Å². The van der Waals surface area contributed by atoms with E-state index in [0.29, 0.717) is 5.56 Å². The highest BCUT2D eigenvalue weighted by Crippen LogP contribution is 2.25. The van der Waals surface area contributed by atoms with Crippen LogP contribution in [0.4, 0.5) is 0 Å². The summed E-state index contributed by atoms with van der Waals surface area (Å²) in [4.78, 5) is 23.2. The largest absolute Gasteiger partial charge is 0.481 e. The van der Waals surface area contributed by atoms with Crippen LogP contribution in [-0.4, -0.2) is 28.7 Å². The van der Waals surface area contributed by atoms with Crippen LogP contribution in [0.25, 0.3) is 0 Å². The molecule has 0 bridgehead atoms. The van der Waals surface area contributed by atoms with E-state index in [4.69, 9.17) is 15.6 Å². The lowest BCUT2D eigenvalue weighted by molar-refractivity contribution is -0.157. The number of benzene rings is 1. The number of carbonyl (C=O) groups is 2. The van der Waals surface area contributed by atoms with Gasteiger partial charge in [0.15, 0.2) is 0 Å². The number of nitrogens with two attached hydrogens (primary N) is 1. The molecule has 0 aromatic heterocycles. The van der Waals surface area contributed by atoms with Crippen molar-refractivity contribution in [1.82, 2.24) is 0 Å². The van der Waals surface area contributed by atoms with E-state index in [9.17, 15) is 9.59 Å². The average Bonchev–Trinajstić information content (AvgIpc) is 2.28. The van der Waals surface area contributed by atoms with Crippen molar-refractivity contribution < 1.29 is 19.4 Å². The summed E-state index contributed by atoms with van der Waals surface area (Å²) < 4.78 is 5.38. The van der Waals surface area contributed by atoms with Crippen LogP contribution in [0.2, 0.25) is 0 Å². The third-order valence-corrected chi connectivity index (χ3v) is 2.94. The molecule has 0 fully saturated rings. The van der Waals surface area contributed by atoms with Crippen LogP contribution in [0.5, 0.6) is 0 Å². The molecule has 0 aliphatic rings. The maximum atomic E-state index is 12.4. The summed E-state index contributed by atoms with van der Waals surface area (Å²) in [6.07, 6.45) is -0.294. The van der Waals surface area contributed by atoms with Crippen LogP contribution in [0.3, 0.4) is 0 Å². The van der Waals surface area contributed by atoms with Gasteiger partial charge in [0.05, 0.1) is 12.3 Å². The first kappa shape index (κ1) is 17.2. The van der Waals surface area contributed by atoms with E-state index in [0.717, 1.165) is 5.56 Å². The lowest BCUT2D eigenvalue weighted by atomic mass is 9.89. The number of hydrogen-bond donors (Lipinski definition) is 2. The second-order valence-electron chi connectivity index (χ2n) is 6.18. The van der Waals surface area contributed by atoms with Gasteiger partial charge in [-0.15, -0.1) is 0 Å². The van der Waals surface area contributed by atoms with Gasteiger partial charge in [-0.2, -0.15) is 0 Å². The van der Waals surface area contributed by atoms with Gasteiger partial charge in [-0.3, -0.25) is 9.59 Å². The van der Waals surface area contributed by atoms with E-state index < -0.39 is 29.5 Å². The molecule has 2 unspecified atom stereocenters. The molecule has 5 heteroatoms. The van der Waals surface area contributed by atoms with Gasteiger partial charge < -0.3 is 15.6 Å². The standard InChI is InChI=1S/C16H23NO4/c1-10-5-7-11(8-6-10)14(12(17)9-13(18)19)15(20)21-16(2,3)4/h5-8,12,14H,9,17H2,1-4H3,(H,18,19). The van der Waals surface area contributed by atoms with Gasteiger partial charge in [0.1, 0.15) is 5.60 Å². The molecule has 0 spiro atoms. The monoisotopic (exact) mass is 293 g/mol. The summed E-state index contributed by atoms with van der Waals surface area (Å²) in [6.45, 7) is 7.23. The normalized spacial score (nSPS) is 14.3. The molecule has 0 amide bonds. The smallest absolute Gasteiger partial charge is 0.315 e. The number of aryl methyl sites for hydroxylation is 1. The summed E-state index contributed by atoms with van der Waals surface area (Å²) in [7, 11) is 0. The summed E-state index contributed by atoms with van der Waals surface area (Å²) in [5.41, 5.74) is 7.00. The summed E-state index contributed by atoms with van der Waals surface area (Å²) in [6, 6.07) is 6.46. The molecule has 0 aliphatic carbocycles. The SMILES string of the molecule is Cc1ccc(C(C(=O)OC(C)(C)C)C(N)CC(=O)O)cc1. The minimum absolute atomic E-state index is 0.294. The van der Waals surface area contributed by atoms with Gasteiger partial charge in [-0.05, 0) is 33.3 Å². The van der Waals surface area contributed by atoms with Gasteiger partial charge in [0.25, 0.3) is 0 Å². The zero-order valence-corrected chi connectivity index (χ0v) is 12.9. The van der Waals surface area contributed by atoms with E-state index in [1.54, 1.807) is 32.9 Å². The Morgan fingerprint density at radius 1 is 1.24 bits per heavy atom. The molecular formula is C16H23NO4. The second-order valence-corrected chi connectivity index (χ2v) is 6.18. The third-order valence-electron chi connectivity index (χ3n) is 2.94. The van der Waals surface area contributed by atoms with Crippen LogP contribution in [-0.2, 0) is 14.3 Å². The molecule has 1 aromatic rings. The Bertz CT molecular complexity index is 502. The molecule has 1 rings (SSSR count). The molecule has 116 valence electrons. The number of carbonyl (C=O) groups excluding carboxylic acids is 1. The van der Waals surface area contributed by atoms with E-state index in [-0.39, 0.29) is 6.42 Å². The molecule has 0 saturated carbocycles. The number of rotatable bonds is 5. The fourth-order valence-electron chi connectivity index (χ4n) is 2.02. The lowest BCUT2D eigenvalue weighted by Gasteiger charge is -2.27. The first-order valence-electron chi connectivity index (χ1n) is 6.87. The molecule has 0 aliphatic heterocycles. The van der Waals surface area contributed by atoms with Crippen molar-refractivity contribution in [2.45, 2.75) is 51.7 Å². The molecule has 0 saturated heterocycles. The molecule has 5 nitrogen and oxygen atoms in total.